The Kier molecular flexibility index (Phi) is 6.81. The molecule has 6 rings (SSSR count). The van der Waals surface area contributed by atoms with Crippen molar-refractivity contribution >= 4 is 34.2 Å². The Morgan fingerprint density at radius 1 is 1.11 bits per heavy atom. The Morgan fingerprint density at radius 2 is 1.86 bits per heavy atom. The fourth-order valence-corrected chi connectivity index (χ4v) is 4.66. The summed E-state index contributed by atoms with van der Waals surface area (Å²) in [6.07, 6.45) is 8.22. The number of piperazine rings is 1. The van der Waals surface area contributed by atoms with Gasteiger partial charge in [-0.25, -0.2) is 15.0 Å². The molecule has 0 bridgehead atoms. The third kappa shape index (κ3) is 5.56. The van der Waals surface area contributed by atoms with Crippen LogP contribution in [-0.2, 0) is 9.53 Å². The van der Waals surface area contributed by atoms with Gasteiger partial charge in [-0.2, -0.15) is 0 Å². The van der Waals surface area contributed by atoms with Gasteiger partial charge < -0.3 is 19.5 Å². The first-order valence-corrected chi connectivity index (χ1v) is 12.9. The maximum atomic E-state index is 9.60. The second-order valence-electron chi connectivity index (χ2n) is 11.0. The molecule has 194 valence electrons. The first-order chi connectivity index (χ1) is 17.7. The van der Waals surface area contributed by atoms with E-state index in [-0.39, 0.29) is 5.60 Å². The van der Waals surface area contributed by atoms with Crippen molar-refractivity contribution in [1.82, 2.24) is 29.8 Å². The maximum Gasteiger partial charge on any atom is 0.293 e. The zero-order chi connectivity index (χ0) is 26.2. The highest BCUT2D eigenvalue weighted by molar-refractivity contribution is 5.97. The van der Waals surface area contributed by atoms with Gasteiger partial charge in [-0.05, 0) is 71.2 Å². The van der Waals surface area contributed by atoms with Gasteiger partial charge in [-0.3, -0.25) is 9.78 Å². The molecule has 2 fully saturated rings. The van der Waals surface area contributed by atoms with Crippen LogP contribution >= 0.6 is 0 Å². The van der Waals surface area contributed by atoms with Crippen LogP contribution in [0.15, 0.2) is 30.7 Å². The molecule has 1 N–H and O–H groups in total. The van der Waals surface area contributed by atoms with E-state index in [1.165, 1.54) is 23.8 Å². The molecule has 0 unspecified atom stereocenters. The molecular formula is C28H35N7O2. The van der Waals surface area contributed by atoms with Gasteiger partial charge in [0, 0.05) is 60.6 Å². The normalized spacial score (nSPS) is 16.5. The molecule has 0 atom stereocenters. The van der Waals surface area contributed by atoms with Crippen LogP contribution in [0.2, 0.25) is 0 Å². The highest BCUT2D eigenvalue weighted by atomic mass is 16.5. The number of nitrogens with one attached hydrogen (secondary N) is 1. The number of fused-ring (bicyclic) bond motifs is 2. The van der Waals surface area contributed by atoms with Crippen molar-refractivity contribution in [2.45, 2.75) is 52.1 Å². The summed E-state index contributed by atoms with van der Waals surface area (Å²) in [6, 6.07) is 4.14. The molecule has 4 aromatic rings. The summed E-state index contributed by atoms with van der Waals surface area (Å²) in [7, 11) is 2.18. The molecule has 37 heavy (non-hydrogen) atoms. The lowest BCUT2D eigenvalue weighted by Gasteiger charge is -2.34. The van der Waals surface area contributed by atoms with Crippen molar-refractivity contribution < 1.29 is 9.53 Å². The number of nitrogens with zero attached hydrogens (tertiary/aromatic N) is 6. The summed E-state index contributed by atoms with van der Waals surface area (Å²) < 4.78 is 4.55. The number of aromatic amines is 1. The highest BCUT2D eigenvalue weighted by Crippen LogP contribution is 2.45. The molecule has 1 saturated carbocycles. The predicted molar refractivity (Wildman–Crippen MR) is 146 cm³/mol. The van der Waals surface area contributed by atoms with E-state index in [4.69, 9.17) is 9.97 Å². The molecule has 0 aromatic carbocycles. The lowest BCUT2D eigenvalue weighted by molar-refractivity contribution is -0.138. The minimum atomic E-state index is -0.318. The van der Waals surface area contributed by atoms with Crippen LogP contribution in [0.3, 0.4) is 0 Å². The van der Waals surface area contributed by atoms with Crippen LogP contribution in [0.25, 0.3) is 33.3 Å². The van der Waals surface area contributed by atoms with Crippen molar-refractivity contribution in [3.8, 4) is 11.4 Å². The van der Waals surface area contributed by atoms with Crippen LogP contribution < -0.4 is 4.90 Å². The molecule has 5 heterocycles. The van der Waals surface area contributed by atoms with E-state index in [2.05, 4.69) is 42.6 Å². The van der Waals surface area contributed by atoms with Crippen LogP contribution in [0.4, 0.5) is 5.82 Å². The second kappa shape index (κ2) is 10.0. The molecule has 0 spiro atoms. The van der Waals surface area contributed by atoms with Gasteiger partial charge in [0.2, 0.25) is 0 Å². The standard InChI is InChI=1S/C23H25N7.C5H10O2/c1-14-11-17-16(5-6-25-21(17)26-14)22-27-19-13-24-12-18(15-3-4-15)20(19)23(28-22)30-9-7-29(2)8-10-30;1-5(2,3)7-4-6/h5-6,11-13,15H,3-4,7-10H2,1-2H3,(H,25,26);4H,1-3H3. The Balaban J connectivity index is 0.000000355. The highest BCUT2D eigenvalue weighted by Gasteiger charge is 2.29. The van der Waals surface area contributed by atoms with E-state index in [1.54, 1.807) is 0 Å². The zero-order valence-electron chi connectivity index (χ0n) is 22.3. The Morgan fingerprint density at radius 3 is 2.51 bits per heavy atom. The van der Waals surface area contributed by atoms with Crippen LogP contribution in [-0.4, -0.2) is 75.1 Å². The van der Waals surface area contributed by atoms with Crippen molar-refractivity contribution in [2.75, 3.05) is 38.1 Å². The number of carbonyl (C=O) groups excluding carboxylic acids is 1. The number of carbonyl (C=O) groups is 1. The molecule has 0 amide bonds. The monoisotopic (exact) mass is 501 g/mol. The third-order valence-electron chi connectivity index (χ3n) is 6.75. The van der Waals surface area contributed by atoms with Crippen molar-refractivity contribution in [1.29, 1.82) is 0 Å². The minimum Gasteiger partial charge on any atom is -0.462 e. The Bertz CT molecular complexity index is 1410. The molecule has 9 heteroatoms. The summed E-state index contributed by atoms with van der Waals surface area (Å²) >= 11 is 0. The van der Waals surface area contributed by atoms with Gasteiger partial charge in [-0.15, -0.1) is 0 Å². The van der Waals surface area contributed by atoms with Crippen LogP contribution in [0.5, 0.6) is 0 Å². The predicted octanol–water partition coefficient (Wildman–Crippen LogP) is 4.46. The summed E-state index contributed by atoms with van der Waals surface area (Å²) in [5, 5.41) is 2.25. The number of rotatable bonds is 4. The van der Waals surface area contributed by atoms with Gasteiger partial charge in [0.05, 0.1) is 11.7 Å². The molecule has 1 aliphatic heterocycles. The van der Waals surface area contributed by atoms with Gasteiger partial charge in [0.25, 0.3) is 6.47 Å². The van der Waals surface area contributed by atoms with Crippen LogP contribution in [0, 0.1) is 6.92 Å². The molecular weight excluding hydrogens is 466 g/mol. The second-order valence-corrected chi connectivity index (χ2v) is 11.0. The number of pyridine rings is 2. The van der Waals surface area contributed by atoms with Crippen molar-refractivity contribution in [3.05, 3.63) is 42.0 Å². The number of H-pyrrole nitrogens is 1. The molecule has 1 saturated heterocycles. The van der Waals surface area contributed by atoms with Crippen molar-refractivity contribution in [2.24, 2.45) is 0 Å². The summed E-state index contributed by atoms with van der Waals surface area (Å²) in [5.74, 6) is 2.41. The van der Waals surface area contributed by atoms with E-state index in [9.17, 15) is 4.79 Å². The van der Waals surface area contributed by atoms with Gasteiger partial charge in [0.15, 0.2) is 5.82 Å². The number of aromatic nitrogens is 5. The first-order valence-electron chi connectivity index (χ1n) is 12.9. The zero-order valence-corrected chi connectivity index (χ0v) is 22.3. The maximum absolute atomic E-state index is 9.60. The molecule has 1 aliphatic carbocycles. The topological polar surface area (TPSA) is 100 Å². The fourth-order valence-electron chi connectivity index (χ4n) is 4.66. The molecule has 4 aromatic heterocycles. The van der Waals surface area contributed by atoms with E-state index in [0.717, 1.165) is 65.6 Å². The summed E-state index contributed by atoms with van der Waals surface area (Å²) in [5.41, 5.74) is 4.91. The molecule has 9 nitrogen and oxygen atoms in total. The average molecular weight is 502 g/mol. The lowest BCUT2D eigenvalue weighted by Crippen LogP contribution is -2.45. The number of hydrogen-bond acceptors (Lipinski definition) is 8. The van der Waals surface area contributed by atoms with E-state index in [0.29, 0.717) is 12.4 Å². The van der Waals surface area contributed by atoms with E-state index in [1.807, 2.05) is 52.4 Å². The summed E-state index contributed by atoms with van der Waals surface area (Å²) in [6.45, 7) is 12.0. The van der Waals surface area contributed by atoms with Gasteiger partial charge in [0.1, 0.15) is 17.1 Å². The molecule has 2 aliphatic rings. The van der Waals surface area contributed by atoms with Crippen LogP contribution in [0.1, 0.15) is 50.8 Å². The number of aryl methyl sites for hydroxylation is 1. The average Bonchev–Trinajstić information content (AvgIpc) is 3.63. The number of hydrogen-bond donors (Lipinski definition) is 1. The quantitative estimate of drug-likeness (QED) is 0.409. The van der Waals surface area contributed by atoms with Gasteiger partial charge in [-0.1, -0.05) is 0 Å². The van der Waals surface area contributed by atoms with Crippen molar-refractivity contribution in [3.63, 3.8) is 0 Å². The third-order valence-corrected chi connectivity index (χ3v) is 6.75. The number of anilines is 1. The smallest absolute Gasteiger partial charge is 0.293 e. The van der Waals surface area contributed by atoms with E-state index >= 15 is 0 Å². The summed E-state index contributed by atoms with van der Waals surface area (Å²) in [4.78, 5) is 36.9. The number of ether oxygens (including phenoxy) is 1. The van der Waals surface area contributed by atoms with Gasteiger partial charge >= 0.3 is 0 Å². The Hall–Kier alpha value is -3.59. The number of likely N-dealkylation sites (N-methyl/N-ethyl adjacent to an activating group) is 1. The molecule has 0 radical (unpaired) electrons. The lowest BCUT2D eigenvalue weighted by atomic mass is 10.1. The minimum absolute atomic E-state index is 0.318. The Labute approximate surface area is 217 Å². The largest absolute Gasteiger partial charge is 0.462 e. The SMILES string of the molecule is CC(C)(C)OC=O.Cc1cc2c(-c3nc(N4CCN(C)CC4)c4c(C5CC5)cncc4n3)ccnc2[nH]1. The first kappa shape index (κ1) is 25.1. The fraction of sp³-hybridized carbons (Fsp3) is 0.464. The van der Waals surface area contributed by atoms with E-state index < -0.39 is 0 Å².